The first-order valence-electron chi connectivity index (χ1n) is 10.3. The normalized spacial score (nSPS) is 18.4. The summed E-state index contributed by atoms with van der Waals surface area (Å²) >= 11 is 12.2. The molecule has 0 bridgehead atoms. The molecule has 1 aliphatic rings. The fourth-order valence-electron chi connectivity index (χ4n) is 4.33. The Morgan fingerprint density at radius 1 is 1.28 bits per heavy atom. The summed E-state index contributed by atoms with van der Waals surface area (Å²) in [5, 5.41) is 14.3. The van der Waals surface area contributed by atoms with E-state index in [1.54, 1.807) is 32.4 Å². The molecule has 0 spiro atoms. The Hall–Kier alpha value is -2.95. The highest BCUT2D eigenvalue weighted by molar-refractivity contribution is 6.30. The lowest BCUT2D eigenvalue weighted by Gasteiger charge is -2.39. The van der Waals surface area contributed by atoms with Gasteiger partial charge in [-0.05, 0) is 36.6 Å². The summed E-state index contributed by atoms with van der Waals surface area (Å²) in [7, 11) is 3.26. The number of rotatable bonds is 4. The smallest absolute Gasteiger partial charge is 0.270 e. The minimum absolute atomic E-state index is 0.0905. The van der Waals surface area contributed by atoms with Crippen LogP contribution in [-0.2, 0) is 7.05 Å². The molecular formula is C23H23Cl2N5O2. The summed E-state index contributed by atoms with van der Waals surface area (Å²) in [6.45, 7) is 3.45. The molecule has 0 saturated carbocycles. The molecule has 2 aromatic heterocycles. The summed E-state index contributed by atoms with van der Waals surface area (Å²) in [5.41, 5.74) is 2.40. The maximum Gasteiger partial charge on any atom is 0.270 e. The summed E-state index contributed by atoms with van der Waals surface area (Å²) in [6.07, 6.45) is 0.801. The van der Waals surface area contributed by atoms with Gasteiger partial charge in [-0.25, -0.2) is 4.98 Å². The Labute approximate surface area is 196 Å². The maximum absolute atomic E-state index is 12.9. The number of anilines is 2. The number of fused-ring (bicyclic) bond motifs is 1. The van der Waals surface area contributed by atoms with Crippen LogP contribution in [0.1, 0.15) is 18.9 Å². The van der Waals surface area contributed by atoms with Crippen molar-refractivity contribution in [1.82, 2.24) is 9.55 Å². The highest BCUT2D eigenvalue weighted by Gasteiger charge is 2.30. The Morgan fingerprint density at radius 2 is 2.06 bits per heavy atom. The predicted molar refractivity (Wildman–Crippen MR) is 128 cm³/mol. The van der Waals surface area contributed by atoms with Gasteiger partial charge in [0.05, 0.1) is 24.0 Å². The van der Waals surface area contributed by atoms with Crippen LogP contribution < -0.4 is 20.5 Å². The zero-order chi connectivity index (χ0) is 23.0. The number of aryl methyl sites for hydroxylation is 1. The van der Waals surface area contributed by atoms with Crippen molar-refractivity contribution in [2.24, 2.45) is 13.0 Å². The number of ether oxygens (including phenoxy) is 1. The highest BCUT2D eigenvalue weighted by atomic mass is 35.5. The van der Waals surface area contributed by atoms with E-state index in [9.17, 15) is 10.1 Å². The highest BCUT2D eigenvalue weighted by Crippen LogP contribution is 2.34. The number of nitrogens with zero attached hydrogens (tertiary/aromatic N) is 4. The van der Waals surface area contributed by atoms with Crippen molar-refractivity contribution in [3.05, 3.63) is 56.4 Å². The molecule has 4 rings (SSSR count). The van der Waals surface area contributed by atoms with E-state index in [0.29, 0.717) is 45.7 Å². The molecule has 1 saturated heterocycles. The molecule has 9 heteroatoms. The zero-order valence-electron chi connectivity index (χ0n) is 18.0. The molecule has 0 amide bonds. The van der Waals surface area contributed by atoms with Crippen molar-refractivity contribution in [1.29, 1.82) is 5.26 Å². The minimum atomic E-state index is -0.335. The molecule has 0 unspecified atom stereocenters. The number of pyridine rings is 2. The first-order valence-corrected chi connectivity index (χ1v) is 11.0. The van der Waals surface area contributed by atoms with Crippen molar-refractivity contribution in [3.8, 4) is 11.8 Å². The molecule has 1 fully saturated rings. The van der Waals surface area contributed by atoms with Gasteiger partial charge in [0.25, 0.3) is 5.56 Å². The van der Waals surface area contributed by atoms with Gasteiger partial charge in [-0.1, -0.05) is 30.1 Å². The number of hydrogen-bond acceptors (Lipinski definition) is 6. The third-order valence-electron chi connectivity index (χ3n) is 6.02. The van der Waals surface area contributed by atoms with Crippen LogP contribution in [0.4, 0.5) is 11.4 Å². The third kappa shape index (κ3) is 3.96. The van der Waals surface area contributed by atoms with Crippen molar-refractivity contribution < 1.29 is 4.74 Å². The average Bonchev–Trinajstić information content (AvgIpc) is 2.78. The topological polar surface area (TPSA) is 83.2 Å². The molecule has 0 radical (unpaired) electrons. The van der Waals surface area contributed by atoms with Gasteiger partial charge in [0.2, 0.25) is 0 Å². The second-order valence-corrected chi connectivity index (χ2v) is 8.83. The monoisotopic (exact) mass is 471 g/mol. The van der Waals surface area contributed by atoms with Crippen LogP contribution in [0.25, 0.3) is 11.0 Å². The zero-order valence-corrected chi connectivity index (χ0v) is 19.5. The number of halogens is 2. The van der Waals surface area contributed by atoms with Crippen molar-refractivity contribution >= 4 is 45.6 Å². The molecule has 3 aromatic rings. The maximum atomic E-state index is 12.9. The number of benzene rings is 1. The fourth-order valence-corrected chi connectivity index (χ4v) is 4.64. The molecule has 2 atom stereocenters. The molecule has 32 heavy (non-hydrogen) atoms. The lowest BCUT2D eigenvalue weighted by molar-refractivity contribution is 0.395. The van der Waals surface area contributed by atoms with Crippen LogP contribution in [0.15, 0.2) is 35.1 Å². The van der Waals surface area contributed by atoms with E-state index < -0.39 is 0 Å². The van der Waals surface area contributed by atoms with E-state index >= 15 is 0 Å². The standard InChI is InChI=1S/C23H23Cl2N5O2/c1-13-12-30(9-8-16(13)27-17-5-4-14(24)10-19(17)32-3)22-15(11-26)23(31)29(2)18-6-7-20(25)28-21(18)22/h4-7,10,13,16,27H,8-9,12H2,1-3H3/t13-,16-/m1/s1. The lowest BCUT2D eigenvalue weighted by Crippen LogP contribution is -2.46. The van der Waals surface area contributed by atoms with Crippen molar-refractivity contribution in [2.45, 2.75) is 19.4 Å². The summed E-state index contributed by atoms with van der Waals surface area (Å²) in [4.78, 5) is 19.4. The fraction of sp³-hybridized carbons (Fsp3) is 0.348. The Kier molecular flexibility index (Phi) is 6.18. The van der Waals surface area contributed by atoms with Crippen molar-refractivity contribution in [2.75, 3.05) is 30.4 Å². The second-order valence-electron chi connectivity index (χ2n) is 8.01. The largest absolute Gasteiger partial charge is 0.495 e. The molecule has 7 nitrogen and oxygen atoms in total. The first kappa shape index (κ1) is 22.3. The lowest BCUT2D eigenvalue weighted by atomic mass is 9.92. The number of nitrogens with one attached hydrogen (secondary N) is 1. The van der Waals surface area contributed by atoms with E-state index in [-0.39, 0.29) is 23.1 Å². The average molecular weight is 472 g/mol. The van der Waals surface area contributed by atoms with E-state index in [0.717, 1.165) is 12.1 Å². The molecule has 0 aliphatic carbocycles. The predicted octanol–water partition coefficient (Wildman–Crippen LogP) is 4.45. The molecule has 166 valence electrons. The third-order valence-corrected chi connectivity index (χ3v) is 6.46. The van der Waals surface area contributed by atoms with E-state index in [2.05, 4.69) is 28.2 Å². The molecule has 1 aromatic carbocycles. The number of nitriles is 1. The van der Waals surface area contributed by atoms with Crippen LogP contribution in [0.3, 0.4) is 0 Å². The van der Waals surface area contributed by atoms with Crippen LogP contribution in [0.5, 0.6) is 5.75 Å². The molecule has 1 aliphatic heterocycles. The summed E-state index contributed by atoms with van der Waals surface area (Å²) in [5.74, 6) is 0.907. The van der Waals surface area contributed by atoms with E-state index in [1.165, 1.54) is 4.57 Å². The van der Waals surface area contributed by atoms with Crippen LogP contribution in [0.2, 0.25) is 10.2 Å². The number of hydrogen-bond donors (Lipinski definition) is 1. The molecular weight excluding hydrogens is 449 g/mol. The van der Waals surface area contributed by atoms with Gasteiger partial charge in [-0.15, -0.1) is 0 Å². The quantitative estimate of drug-likeness (QED) is 0.565. The van der Waals surface area contributed by atoms with Gasteiger partial charge >= 0.3 is 0 Å². The summed E-state index contributed by atoms with van der Waals surface area (Å²) in [6, 6.07) is 11.2. The number of aromatic nitrogens is 2. The van der Waals surface area contributed by atoms with Gasteiger partial charge in [0, 0.05) is 37.3 Å². The van der Waals surface area contributed by atoms with E-state index in [1.807, 2.05) is 12.1 Å². The van der Waals surface area contributed by atoms with E-state index in [4.69, 9.17) is 27.9 Å². The minimum Gasteiger partial charge on any atom is -0.495 e. The number of methoxy groups -OCH3 is 1. The Balaban J connectivity index is 1.67. The first-order chi connectivity index (χ1) is 15.3. The van der Waals surface area contributed by atoms with Gasteiger partial charge in [0.15, 0.2) is 0 Å². The van der Waals surface area contributed by atoms with Gasteiger partial charge in [-0.2, -0.15) is 5.26 Å². The Bertz CT molecular complexity index is 1280. The molecule has 3 heterocycles. The van der Waals surface area contributed by atoms with Crippen LogP contribution >= 0.6 is 23.2 Å². The SMILES string of the molecule is COc1cc(Cl)ccc1N[C@@H]1CCN(c2c(C#N)c(=O)n(C)c3ccc(Cl)nc23)C[C@H]1C. The second kappa shape index (κ2) is 8.89. The summed E-state index contributed by atoms with van der Waals surface area (Å²) < 4.78 is 6.91. The van der Waals surface area contributed by atoms with Gasteiger partial charge < -0.3 is 19.5 Å². The Morgan fingerprint density at radius 3 is 2.75 bits per heavy atom. The van der Waals surface area contributed by atoms with Crippen molar-refractivity contribution in [3.63, 3.8) is 0 Å². The number of piperidine rings is 1. The van der Waals surface area contributed by atoms with Gasteiger partial charge in [-0.3, -0.25) is 4.79 Å². The molecule has 1 N–H and O–H groups in total. The van der Waals surface area contributed by atoms with Gasteiger partial charge in [0.1, 0.15) is 28.1 Å². The van der Waals surface area contributed by atoms with Crippen LogP contribution in [-0.4, -0.2) is 35.8 Å². The van der Waals surface area contributed by atoms with Crippen LogP contribution in [0, 0.1) is 17.2 Å².